The monoisotopic (exact) mass is 381 g/mol. The zero-order valence-corrected chi connectivity index (χ0v) is 15.8. The molecular weight excluding hydrogens is 358 g/mol. The van der Waals surface area contributed by atoms with E-state index in [9.17, 15) is 16.8 Å². The fourth-order valence-corrected chi connectivity index (χ4v) is 4.20. The predicted molar refractivity (Wildman–Crippen MR) is 86.8 cm³/mol. The van der Waals surface area contributed by atoms with Gasteiger partial charge in [-0.05, 0) is 12.8 Å². The molecule has 0 atom stereocenters. The number of rotatable bonds is 6. The largest absolute Gasteiger partial charge is 0.338 e. The Morgan fingerprint density at radius 1 is 1.17 bits per heavy atom. The van der Waals surface area contributed by atoms with Crippen LogP contribution in [-0.4, -0.2) is 80.4 Å². The molecule has 1 aliphatic rings. The van der Waals surface area contributed by atoms with Crippen molar-refractivity contribution in [2.24, 2.45) is 0 Å². The van der Waals surface area contributed by atoms with Crippen LogP contribution in [0.3, 0.4) is 0 Å². The molecule has 2 heterocycles. The van der Waals surface area contributed by atoms with E-state index in [-0.39, 0.29) is 18.4 Å². The zero-order chi connectivity index (χ0) is 18.1. The summed E-state index contributed by atoms with van der Waals surface area (Å²) in [5, 5.41) is 3.92. The van der Waals surface area contributed by atoms with Gasteiger partial charge in [0.05, 0.1) is 12.8 Å². The summed E-state index contributed by atoms with van der Waals surface area (Å²) in [4.78, 5) is 4.26. The molecule has 0 aromatic carbocycles. The van der Waals surface area contributed by atoms with Crippen LogP contribution >= 0.6 is 0 Å². The first-order valence-electron chi connectivity index (χ1n) is 7.43. The van der Waals surface area contributed by atoms with Crippen LogP contribution in [0.15, 0.2) is 4.52 Å². The normalized spacial score (nSPS) is 18.6. The van der Waals surface area contributed by atoms with Gasteiger partial charge in [0.15, 0.2) is 5.82 Å². The van der Waals surface area contributed by atoms with Crippen LogP contribution in [0.25, 0.3) is 0 Å². The summed E-state index contributed by atoms with van der Waals surface area (Å²) in [5.41, 5.74) is 0. The minimum Gasteiger partial charge on any atom is -0.338 e. The molecule has 1 aliphatic heterocycles. The molecule has 0 aliphatic carbocycles. The van der Waals surface area contributed by atoms with Gasteiger partial charge in [0.25, 0.3) is 10.2 Å². The van der Waals surface area contributed by atoms with Gasteiger partial charge in [0, 0.05) is 40.2 Å². The molecule has 10 nitrogen and oxygen atoms in total. The summed E-state index contributed by atoms with van der Waals surface area (Å²) in [5.74, 6) is 0.716. The van der Waals surface area contributed by atoms with Gasteiger partial charge in [-0.25, -0.2) is 12.7 Å². The van der Waals surface area contributed by atoms with Crippen molar-refractivity contribution in [2.75, 3.05) is 40.5 Å². The fourth-order valence-electron chi connectivity index (χ4n) is 2.49. The lowest BCUT2D eigenvalue weighted by Crippen LogP contribution is -2.37. The van der Waals surface area contributed by atoms with E-state index in [2.05, 4.69) is 10.1 Å². The third kappa shape index (κ3) is 4.30. The molecule has 12 heteroatoms. The molecule has 0 saturated carbocycles. The quantitative estimate of drug-likeness (QED) is 0.649. The van der Waals surface area contributed by atoms with Crippen LogP contribution in [-0.2, 0) is 26.8 Å². The Balaban J connectivity index is 2.00. The highest BCUT2D eigenvalue weighted by atomic mass is 32.2. The number of sulfonamides is 1. The minimum absolute atomic E-state index is 0.0104. The molecule has 0 N–H and O–H groups in total. The second-order valence-corrected chi connectivity index (χ2v) is 10.3. The predicted octanol–water partition coefficient (Wildman–Crippen LogP) is -0.553. The Hall–Kier alpha value is -1.08. The second-order valence-electron chi connectivity index (χ2n) is 6.03. The van der Waals surface area contributed by atoms with E-state index in [0.717, 1.165) is 8.61 Å². The van der Waals surface area contributed by atoms with E-state index in [0.29, 0.717) is 31.8 Å². The smallest absolute Gasteiger partial charge is 0.281 e. The lowest BCUT2D eigenvalue weighted by Gasteiger charge is -2.28. The molecule has 0 spiro atoms. The molecule has 1 aromatic heterocycles. The maximum atomic E-state index is 12.0. The third-order valence-corrected chi connectivity index (χ3v) is 7.13. The molecule has 0 radical (unpaired) electrons. The summed E-state index contributed by atoms with van der Waals surface area (Å²) >= 11 is 0. The number of piperidine rings is 1. The third-order valence-electron chi connectivity index (χ3n) is 3.99. The number of nitrogens with zero attached hydrogens (tertiary/aromatic N) is 5. The zero-order valence-electron chi connectivity index (χ0n) is 14.2. The van der Waals surface area contributed by atoms with Crippen molar-refractivity contribution in [2.45, 2.75) is 25.3 Å². The molecule has 0 amide bonds. The van der Waals surface area contributed by atoms with Gasteiger partial charge in [-0.1, -0.05) is 5.16 Å². The van der Waals surface area contributed by atoms with E-state index in [1.165, 1.54) is 31.7 Å². The first kappa shape index (κ1) is 19.2. The van der Waals surface area contributed by atoms with E-state index in [1.54, 1.807) is 0 Å². The van der Waals surface area contributed by atoms with E-state index >= 15 is 0 Å². The molecule has 1 aromatic rings. The van der Waals surface area contributed by atoms with Crippen LogP contribution in [0, 0.1) is 0 Å². The Morgan fingerprint density at radius 2 is 1.75 bits per heavy atom. The summed E-state index contributed by atoms with van der Waals surface area (Å²) in [6, 6.07) is 0. The molecule has 1 saturated heterocycles. The van der Waals surface area contributed by atoms with E-state index in [4.69, 9.17) is 4.52 Å². The van der Waals surface area contributed by atoms with E-state index in [1.807, 2.05) is 0 Å². The summed E-state index contributed by atoms with van der Waals surface area (Å²) < 4.78 is 55.8. The second kappa shape index (κ2) is 7.04. The van der Waals surface area contributed by atoms with Gasteiger partial charge in [0.1, 0.15) is 0 Å². The van der Waals surface area contributed by atoms with Crippen molar-refractivity contribution in [1.82, 2.24) is 23.1 Å². The van der Waals surface area contributed by atoms with Gasteiger partial charge in [-0.2, -0.15) is 22.0 Å². The molecule has 2 rings (SSSR count). The van der Waals surface area contributed by atoms with Gasteiger partial charge >= 0.3 is 0 Å². The maximum Gasteiger partial charge on any atom is 0.281 e. The van der Waals surface area contributed by atoms with Gasteiger partial charge in [0.2, 0.25) is 15.9 Å². The van der Waals surface area contributed by atoms with Crippen molar-refractivity contribution in [3.63, 3.8) is 0 Å². The molecule has 24 heavy (non-hydrogen) atoms. The Bertz CT molecular complexity index is 766. The van der Waals surface area contributed by atoms with Gasteiger partial charge in [-0.15, -0.1) is 0 Å². The van der Waals surface area contributed by atoms with Gasteiger partial charge < -0.3 is 4.52 Å². The van der Waals surface area contributed by atoms with Crippen LogP contribution in [0.1, 0.15) is 30.5 Å². The number of hydrogen-bond donors (Lipinski definition) is 0. The first-order valence-corrected chi connectivity index (χ1v) is 10.7. The summed E-state index contributed by atoms with van der Waals surface area (Å²) in [6.07, 6.45) is 2.41. The highest BCUT2D eigenvalue weighted by Crippen LogP contribution is 2.27. The van der Waals surface area contributed by atoms with Gasteiger partial charge in [-0.3, -0.25) is 0 Å². The van der Waals surface area contributed by atoms with Crippen LogP contribution in [0.5, 0.6) is 0 Å². The Morgan fingerprint density at radius 3 is 2.25 bits per heavy atom. The fraction of sp³-hybridized carbons (Fsp3) is 0.833. The molecule has 0 unspecified atom stereocenters. The standard InChI is InChI=1S/C12H23N5O5S2/c1-15(2)24(20,21)16(3)9-11-13-12(14-22-11)10-5-7-17(8-6-10)23(4,18)19/h10H,5-9H2,1-4H3. The van der Waals surface area contributed by atoms with E-state index < -0.39 is 20.2 Å². The lowest BCUT2D eigenvalue weighted by molar-refractivity contribution is 0.301. The maximum absolute atomic E-state index is 12.0. The van der Waals surface area contributed by atoms with Crippen LogP contribution in [0.4, 0.5) is 0 Å². The highest BCUT2D eigenvalue weighted by molar-refractivity contribution is 7.88. The van der Waals surface area contributed by atoms with Crippen LogP contribution < -0.4 is 0 Å². The molecular formula is C12H23N5O5S2. The van der Waals surface area contributed by atoms with Crippen molar-refractivity contribution < 1.29 is 21.4 Å². The average Bonchev–Trinajstić information content (AvgIpc) is 2.94. The molecule has 1 fully saturated rings. The topological polar surface area (TPSA) is 117 Å². The SMILES string of the molecule is CN(C)S(=O)(=O)N(C)Cc1nc(C2CCN(S(C)(=O)=O)CC2)no1. The van der Waals surface area contributed by atoms with Crippen molar-refractivity contribution >= 4 is 20.2 Å². The Labute approximate surface area is 142 Å². The first-order chi connectivity index (χ1) is 11.0. The van der Waals surface area contributed by atoms with Crippen molar-refractivity contribution in [1.29, 1.82) is 0 Å². The lowest BCUT2D eigenvalue weighted by atomic mass is 9.98. The minimum atomic E-state index is -3.55. The molecule has 0 bridgehead atoms. The van der Waals surface area contributed by atoms with Crippen molar-refractivity contribution in [3.8, 4) is 0 Å². The summed E-state index contributed by atoms with van der Waals surface area (Å²) in [7, 11) is -2.40. The molecule has 138 valence electrons. The number of hydrogen-bond acceptors (Lipinski definition) is 7. The van der Waals surface area contributed by atoms with Crippen molar-refractivity contribution in [3.05, 3.63) is 11.7 Å². The number of aromatic nitrogens is 2. The summed E-state index contributed by atoms with van der Waals surface area (Å²) in [6.45, 7) is 0.820. The Kier molecular flexibility index (Phi) is 5.64. The average molecular weight is 381 g/mol. The van der Waals surface area contributed by atoms with Crippen LogP contribution in [0.2, 0.25) is 0 Å². The highest BCUT2D eigenvalue weighted by Gasteiger charge is 2.29.